The summed E-state index contributed by atoms with van der Waals surface area (Å²) in [6.07, 6.45) is -1.09. The molecular formula is C28H24N2O3S2. The molecule has 176 valence electrons. The Bertz CT molecular complexity index is 1420. The van der Waals surface area contributed by atoms with Crippen LogP contribution in [0.5, 0.6) is 0 Å². The van der Waals surface area contributed by atoms with Gasteiger partial charge in [-0.1, -0.05) is 91.0 Å². The van der Waals surface area contributed by atoms with Crippen LogP contribution in [0.2, 0.25) is 0 Å². The predicted octanol–water partition coefficient (Wildman–Crippen LogP) is 5.36. The summed E-state index contributed by atoms with van der Waals surface area (Å²) >= 11 is 1.20. The van der Waals surface area contributed by atoms with E-state index in [0.717, 1.165) is 16.7 Å². The van der Waals surface area contributed by atoms with Gasteiger partial charge in [0.25, 0.3) is 0 Å². The molecule has 5 nitrogen and oxygen atoms in total. The van der Waals surface area contributed by atoms with Crippen LogP contribution in [0.3, 0.4) is 0 Å². The van der Waals surface area contributed by atoms with Gasteiger partial charge in [-0.15, -0.1) is 11.8 Å². The van der Waals surface area contributed by atoms with Gasteiger partial charge in [0.15, 0.2) is 9.84 Å². The lowest BCUT2D eigenvalue weighted by atomic mass is 9.99. The van der Waals surface area contributed by atoms with Crippen molar-refractivity contribution in [3.8, 4) is 28.5 Å². The van der Waals surface area contributed by atoms with E-state index >= 15 is 0 Å². The van der Waals surface area contributed by atoms with Gasteiger partial charge >= 0.3 is 0 Å². The number of pyridine rings is 1. The second-order valence-electron chi connectivity index (χ2n) is 8.08. The van der Waals surface area contributed by atoms with Crippen molar-refractivity contribution in [2.45, 2.75) is 16.9 Å². The summed E-state index contributed by atoms with van der Waals surface area (Å²) in [6.45, 7) is 0. The van der Waals surface area contributed by atoms with Gasteiger partial charge < -0.3 is 5.11 Å². The van der Waals surface area contributed by atoms with Crippen LogP contribution in [0.25, 0.3) is 22.4 Å². The summed E-state index contributed by atoms with van der Waals surface area (Å²) in [4.78, 5) is 4.72. The molecule has 0 aliphatic carbocycles. The van der Waals surface area contributed by atoms with Gasteiger partial charge in [0.05, 0.1) is 28.9 Å². The van der Waals surface area contributed by atoms with Gasteiger partial charge in [0.2, 0.25) is 0 Å². The van der Waals surface area contributed by atoms with E-state index in [0.29, 0.717) is 21.8 Å². The van der Waals surface area contributed by atoms with Gasteiger partial charge in [0.1, 0.15) is 11.1 Å². The number of nitrogens with zero attached hydrogens (tertiary/aromatic N) is 2. The molecule has 0 unspecified atom stereocenters. The molecule has 7 heteroatoms. The van der Waals surface area contributed by atoms with Crippen LogP contribution in [0, 0.1) is 11.3 Å². The largest absolute Gasteiger partial charge is 0.391 e. The molecule has 4 aromatic rings. The Labute approximate surface area is 210 Å². The average Bonchev–Trinajstić information content (AvgIpc) is 2.88. The fourth-order valence-electron chi connectivity index (χ4n) is 3.74. The number of sulfone groups is 1. The van der Waals surface area contributed by atoms with Crippen LogP contribution < -0.4 is 0 Å². The van der Waals surface area contributed by atoms with Crippen molar-refractivity contribution in [1.29, 1.82) is 5.26 Å². The first-order chi connectivity index (χ1) is 16.9. The SMILES string of the molecule is N#Cc1c(-c2ccccc2)cc(-c2ccccc2)nc1SC[C@@H](O)CS(=O)(=O)Cc1ccccc1. The topological polar surface area (TPSA) is 91.0 Å². The van der Waals surface area contributed by atoms with Gasteiger partial charge in [-0.05, 0) is 17.2 Å². The maximum atomic E-state index is 12.6. The van der Waals surface area contributed by atoms with E-state index in [1.54, 1.807) is 24.3 Å². The lowest BCUT2D eigenvalue weighted by Gasteiger charge is -2.15. The van der Waals surface area contributed by atoms with E-state index in [1.807, 2.05) is 72.8 Å². The molecule has 3 aromatic carbocycles. The highest BCUT2D eigenvalue weighted by Crippen LogP contribution is 2.34. The van der Waals surface area contributed by atoms with Crippen molar-refractivity contribution in [1.82, 2.24) is 4.98 Å². The van der Waals surface area contributed by atoms with E-state index in [9.17, 15) is 18.8 Å². The van der Waals surface area contributed by atoms with Crippen LogP contribution in [-0.2, 0) is 15.6 Å². The average molecular weight is 501 g/mol. The Morgan fingerprint density at radius 3 is 2.06 bits per heavy atom. The van der Waals surface area contributed by atoms with Crippen molar-refractivity contribution in [2.24, 2.45) is 0 Å². The van der Waals surface area contributed by atoms with E-state index in [4.69, 9.17) is 4.98 Å². The summed E-state index contributed by atoms with van der Waals surface area (Å²) in [6, 6.07) is 32.3. The molecule has 1 aromatic heterocycles. The van der Waals surface area contributed by atoms with E-state index in [-0.39, 0.29) is 17.3 Å². The van der Waals surface area contributed by atoms with Gasteiger partial charge in [-0.3, -0.25) is 0 Å². The van der Waals surface area contributed by atoms with E-state index in [1.165, 1.54) is 11.8 Å². The Balaban J connectivity index is 1.59. The maximum absolute atomic E-state index is 12.6. The minimum atomic E-state index is -3.50. The summed E-state index contributed by atoms with van der Waals surface area (Å²) in [5.41, 5.74) is 4.33. The number of aromatic nitrogens is 1. The van der Waals surface area contributed by atoms with E-state index < -0.39 is 15.9 Å². The lowest BCUT2D eigenvalue weighted by Crippen LogP contribution is -2.24. The molecular weight excluding hydrogens is 476 g/mol. The third-order valence-corrected chi connectivity index (χ3v) is 8.13. The third-order valence-electron chi connectivity index (χ3n) is 5.34. The maximum Gasteiger partial charge on any atom is 0.157 e. The zero-order chi connectivity index (χ0) is 24.7. The number of nitriles is 1. The monoisotopic (exact) mass is 500 g/mol. The Kier molecular flexibility index (Phi) is 7.98. The van der Waals surface area contributed by atoms with Gasteiger partial charge in [-0.2, -0.15) is 5.26 Å². The molecule has 0 fully saturated rings. The molecule has 0 spiro atoms. The van der Waals surface area contributed by atoms with Crippen LogP contribution in [0.1, 0.15) is 11.1 Å². The van der Waals surface area contributed by atoms with Crippen molar-refractivity contribution in [3.05, 3.63) is 108 Å². The quantitative estimate of drug-likeness (QED) is 0.311. The molecule has 0 saturated carbocycles. The van der Waals surface area contributed by atoms with Gasteiger partial charge in [0, 0.05) is 16.9 Å². The summed E-state index contributed by atoms with van der Waals surface area (Å²) in [5.74, 6) is -0.387. The molecule has 1 N–H and O–H groups in total. The smallest absolute Gasteiger partial charge is 0.157 e. The number of aliphatic hydroxyl groups is 1. The second kappa shape index (κ2) is 11.3. The Hall–Kier alpha value is -3.44. The summed E-state index contributed by atoms with van der Waals surface area (Å²) < 4.78 is 25.2. The van der Waals surface area contributed by atoms with Crippen molar-refractivity contribution in [3.63, 3.8) is 0 Å². The molecule has 0 aliphatic heterocycles. The standard InChI is InChI=1S/C28H24N2O3S2/c29-17-26-25(22-12-6-2-7-13-22)16-27(23-14-8-3-9-15-23)30-28(26)34-18-24(31)20-35(32,33)19-21-10-4-1-5-11-21/h1-16,24,31H,18-20H2/t24-/m1/s1. The van der Waals surface area contributed by atoms with Crippen LogP contribution in [0.15, 0.2) is 102 Å². The molecule has 0 aliphatic rings. The Morgan fingerprint density at radius 2 is 1.46 bits per heavy atom. The first-order valence-corrected chi connectivity index (χ1v) is 13.9. The number of thioether (sulfide) groups is 1. The second-order valence-corrected chi connectivity index (χ2v) is 11.2. The van der Waals surface area contributed by atoms with Crippen molar-refractivity contribution >= 4 is 21.6 Å². The first kappa shape index (κ1) is 24.7. The molecule has 35 heavy (non-hydrogen) atoms. The number of benzene rings is 3. The van der Waals surface area contributed by atoms with Gasteiger partial charge in [-0.25, -0.2) is 13.4 Å². The lowest BCUT2D eigenvalue weighted by molar-refractivity contribution is 0.222. The highest BCUT2D eigenvalue weighted by molar-refractivity contribution is 7.99. The number of hydrogen-bond donors (Lipinski definition) is 1. The molecule has 1 heterocycles. The molecule has 0 amide bonds. The fraction of sp³-hybridized carbons (Fsp3) is 0.143. The zero-order valence-corrected chi connectivity index (χ0v) is 20.5. The number of rotatable bonds is 9. The van der Waals surface area contributed by atoms with Crippen LogP contribution in [-0.4, -0.2) is 36.1 Å². The van der Waals surface area contributed by atoms with Crippen molar-refractivity contribution in [2.75, 3.05) is 11.5 Å². The molecule has 0 radical (unpaired) electrons. The molecule has 0 bridgehead atoms. The van der Waals surface area contributed by atoms with Crippen LogP contribution in [0.4, 0.5) is 0 Å². The van der Waals surface area contributed by atoms with Crippen molar-refractivity contribution < 1.29 is 13.5 Å². The number of aliphatic hydroxyl groups excluding tert-OH is 1. The van der Waals surface area contributed by atoms with E-state index in [2.05, 4.69) is 6.07 Å². The van der Waals surface area contributed by atoms with Crippen LogP contribution >= 0.6 is 11.8 Å². The zero-order valence-electron chi connectivity index (χ0n) is 18.9. The molecule has 0 saturated heterocycles. The number of hydrogen-bond acceptors (Lipinski definition) is 6. The highest BCUT2D eigenvalue weighted by Gasteiger charge is 2.21. The first-order valence-electron chi connectivity index (χ1n) is 11.1. The minimum absolute atomic E-state index is 0.0994. The Morgan fingerprint density at radius 1 is 0.886 bits per heavy atom. The third kappa shape index (κ3) is 6.58. The highest BCUT2D eigenvalue weighted by atomic mass is 32.2. The fourth-order valence-corrected chi connectivity index (χ4v) is 6.34. The molecule has 1 atom stereocenters. The summed E-state index contributed by atoms with van der Waals surface area (Å²) in [7, 11) is -3.50. The molecule has 4 rings (SSSR count). The normalized spacial score (nSPS) is 12.1. The minimum Gasteiger partial charge on any atom is -0.391 e. The predicted molar refractivity (Wildman–Crippen MR) is 140 cm³/mol. The summed E-state index contributed by atoms with van der Waals surface area (Å²) in [5, 5.41) is 21.0.